The molecule has 0 unspecified atom stereocenters. The van der Waals surface area contributed by atoms with Gasteiger partial charge in [0.15, 0.2) is 0 Å². The largest absolute Gasteiger partial charge is 0.497 e. The number of benzene rings is 5. The number of ether oxygens (including phenoxy) is 2. The number of rotatable bonds is 37. The molecule has 20 nitrogen and oxygen atoms in total. The summed E-state index contributed by atoms with van der Waals surface area (Å²) >= 11 is 0. The van der Waals surface area contributed by atoms with Crippen LogP contribution in [0.15, 0.2) is 227 Å². The molecule has 0 bridgehead atoms. The number of nitrogens with zero attached hydrogens (tertiary/aromatic N) is 12. The van der Waals surface area contributed by atoms with Gasteiger partial charge in [-0.15, -0.1) is 0 Å². The summed E-state index contributed by atoms with van der Waals surface area (Å²) in [4.78, 5) is 39.2. The van der Waals surface area contributed by atoms with Gasteiger partial charge in [-0.1, -0.05) is 72.9 Å². The number of hydrogen-bond donors (Lipinski definition) is 6. The Balaban J connectivity index is 0.000000213. The van der Waals surface area contributed by atoms with Crippen LogP contribution < -0.4 is 43.9 Å². The van der Waals surface area contributed by atoms with Crippen LogP contribution in [0.1, 0.15) is 57.3 Å². The van der Waals surface area contributed by atoms with Crippen LogP contribution in [0.4, 0.5) is 57.1 Å². The van der Waals surface area contributed by atoms with Gasteiger partial charge in [-0.25, -0.2) is 17.6 Å². The quantitative estimate of drug-likeness (QED) is 0.0202. The Kier molecular flexibility index (Phi) is 43.8. The highest BCUT2D eigenvalue weighted by molar-refractivity contribution is 6.14. The molecule has 12 rings (SSSR count). The Morgan fingerprint density at radius 1 is 0.326 bits per heavy atom. The average Bonchev–Trinajstić information content (AvgIpc) is 1.73. The number of alkyl halides is 9. The summed E-state index contributed by atoms with van der Waals surface area (Å²) in [5, 5.41) is 0. The molecule has 0 atom stereocenters. The van der Waals surface area contributed by atoms with E-state index in [1.165, 1.54) is 72.2 Å². The van der Waals surface area contributed by atoms with Gasteiger partial charge in [0.25, 0.3) is 0 Å². The summed E-state index contributed by atoms with van der Waals surface area (Å²) in [6.07, 6.45) is 18.1. The van der Waals surface area contributed by atoms with Gasteiger partial charge in [0, 0.05) is 153 Å². The molecule has 1 fully saturated rings. The van der Waals surface area contributed by atoms with Crippen LogP contribution in [-0.2, 0) is 18.5 Å². The molecule has 1 saturated carbocycles. The first-order valence-corrected chi connectivity index (χ1v) is 42.3. The molecule has 0 amide bonds. The van der Waals surface area contributed by atoms with E-state index in [1.807, 2.05) is 81.7 Å². The summed E-state index contributed by atoms with van der Waals surface area (Å²) in [6, 6.07) is 19.5. The maximum Gasteiger partial charge on any atom is 0.416 e. The number of nitrogens with two attached hydrogens (primary N) is 6. The summed E-state index contributed by atoms with van der Waals surface area (Å²) in [5.41, 5.74) is 44.3. The highest BCUT2D eigenvalue weighted by atomic mass is 19.4. The molecule has 698 valence electrons. The highest BCUT2D eigenvalue weighted by Crippen LogP contribution is 2.38. The van der Waals surface area contributed by atoms with Gasteiger partial charge >= 0.3 is 18.5 Å². The third kappa shape index (κ3) is 37.5. The van der Waals surface area contributed by atoms with Gasteiger partial charge in [0.2, 0.25) is 0 Å². The lowest BCUT2D eigenvalue weighted by atomic mass is 10.0. The van der Waals surface area contributed by atoms with E-state index in [1.54, 1.807) is 56.7 Å². The molecule has 12 N–H and O–H groups in total. The summed E-state index contributed by atoms with van der Waals surface area (Å²) in [7, 11) is 15.3. The average molecular weight is 1810 g/mol. The van der Waals surface area contributed by atoms with E-state index in [0.717, 1.165) is 177 Å². The lowest BCUT2D eigenvalue weighted by molar-refractivity contribution is -0.143. The highest BCUT2D eigenvalue weighted by Gasteiger charge is 2.37. The zero-order valence-corrected chi connectivity index (χ0v) is 74.5. The Morgan fingerprint density at radius 3 is 0.969 bits per heavy atom. The van der Waals surface area contributed by atoms with Crippen LogP contribution in [0.25, 0.3) is 30.4 Å². The van der Waals surface area contributed by atoms with E-state index < -0.39 is 58.5 Å². The van der Waals surface area contributed by atoms with Crippen LogP contribution in [0.2, 0.25) is 0 Å². The van der Waals surface area contributed by atoms with Gasteiger partial charge in [-0.2, -0.15) is 39.5 Å². The molecule has 7 aliphatic rings. The first-order chi connectivity index (χ1) is 61.5. The number of aliphatic imine (C=N–C) groups is 6. The molecule has 129 heavy (non-hydrogen) atoms. The second-order valence-electron chi connectivity index (χ2n) is 31.3. The van der Waals surface area contributed by atoms with Gasteiger partial charge in [-0.3, -0.25) is 30.0 Å². The van der Waals surface area contributed by atoms with Crippen LogP contribution in [-0.4, -0.2) is 277 Å². The minimum atomic E-state index is -4.87. The first kappa shape index (κ1) is 106. The number of halogens is 13. The van der Waals surface area contributed by atoms with Gasteiger partial charge < -0.3 is 73.3 Å². The van der Waals surface area contributed by atoms with Gasteiger partial charge in [0.05, 0.1) is 98.7 Å². The van der Waals surface area contributed by atoms with Crippen molar-refractivity contribution in [3.63, 3.8) is 0 Å². The fourth-order valence-electron chi connectivity index (χ4n) is 13.7. The van der Waals surface area contributed by atoms with Crippen LogP contribution in [0, 0.1) is 29.2 Å². The van der Waals surface area contributed by atoms with E-state index in [-0.39, 0.29) is 11.6 Å². The van der Waals surface area contributed by atoms with Crippen LogP contribution >= 0.6 is 0 Å². The van der Waals surface area contributed by atoms with Crippen LogP contribution in [0.3, 0.4) is 0 Å². The third-order valence-corrected chi connectivity index (χ3v) is 20.4. The van der Waals surface area contributed by atoms with Crippen molar-refractivity contribution in [3.05, 3.63) is 265 Å². The topological polar surface area (TPSA) is 268 Å². The molecule has 5 aromatic rings. The fourth-order valence-corrected chi connectivity index (χ4v) is 13.7. The Hall–Kier alpha value is -10.5. The Bertz CT molecular complexity index is 4970. The standard InChI is InChI=1S/C18H19F6N3.C18H25N3O2.C17H20F3N3.2C16H19F2N3.C11H19N3/c1-27(7-5-25)11-13-4-6-26-16(13)3-2-12-8-14(17(19,20)21)10-15(9-12)18(22,23)24;1-21(9-7-19)13-15-6-8-20-18(15)5-4-14-10-16(22-2)12-17(11-14)23-3;1-23(10-8-21)12-14-7-9-22-16(14)6-5-13-3-2-4-15(11-13)17(18,19)20;1-21(9-7-19)11-13-6-8-20-16(13)5-3-12-2-4-14(17)10-15(12)18;1-21(7-5-19)11-13-4-6-20-16(13)3-2-12-8-14(17)10-15(18)9-12;1-14(7-5-12)8-10-4-6-13-11(10)9-2-3-9/h2-4,8-10H,5-7,11,25H2,1H3;4-6,10-12H,7-9,13,19H2,1-3H3;2-7,11H,8-10,12,21H2,1H3;2-6,10H,7-9,11,19H2,1H3;2-4,8-10H,5-7,11,19H2,1H3;4,9H,2-3,5-8,12H2,1H3/b3-2+;5-4+;6-5+;5-3+;3-2+;. The molecular formula is C96H121F13N18O2. The molecule has 6 aliphatic heterocycles. The lowest BCUT2D eigenvalue weighted by Gasteiger charge is -2.17. The number of allylic oxidation sites excluding steroid dienone is 5. The third-order valence-electron chi connectivity index (χ3n) is 20.4. The zero-order chi connectivity index (χ0) is 94.2. The fraction of sp³-hybridized carbons (Fsp3) is 0.396. The van der Waals surface area contributed by atoms with E-state index in [4.69, 9.17) is 43.9 Å². The van der Waals surface area contributed by atoms with Crippen molar-refractivity contribution in [2.24, 2.45) is 70.3 Å². The Morgan fingerprint density at radius 2 is 0.636 bits per heavy atom. The first-order valence-electron chi connectivity index (χ1n) is 42.3. The molecule has 6 heterocycles. The van der Waals surface area contributed by atoms with Gasteiger partial charge in [0.1, 0.15) is 34.8 Å². The minimum Gasteiger partial charge on any atom is -0.497 e. The van der Waals surface area contributed by atoms with Gasteiger partial charge in [-0.05, 0) is 214 Å². The van der Waals surface area contributed by atoms with Crippen molar-refractivity contribution in [2.45, 2.75) is 31.4 Å². The predicted molar refractivity (Wildman–Crippen MR) is 500 cm³/mol. The second kappa shape index (κ2) is 53.6. The second-order valence-corrected chi connectivity index (χ2v) is 31.3. The van der Waals surface area contributed by atoms with E-state index >= 15 is 0 Å². The van der Waals surface area contributed by atoms with Crippen molar-refractivity contribution in [2.75, 3.05) is 214 Å². The number of hydrogen-bond acceptors (Lipinski definition) is 20. The summed E-state index contributed by atoms with van der Waals surface area (Å²) in [5.74, 6) is 0.0204. The smallest absolute Gasteiger partial charge is 0.416 e. The van der Waals surface area contributed by atoms with Crippen molar-refractivity contribution >= 4 is 64.7 Å². The normalized spacial score (nSPS) is 15.7. The SMILES string of the molecule is CN(CCN)CC1=CCN=C1/C=C/c1cc(C(F)(F)F)cc(C(F)(F)F)c1.CN(CCN)CC1=CCN=C1/C=C/c1cc(F)cc(F)c1.CN(CCN)CC1=CCN=C1/C=C/c1ccc(F)cc1F.CN(CCN)CC1=CCN=C1/C=C/c1cccc(C(F)(F)F)c1.CN(CCN)CC1=CCN=C1C1CC1.COc1cc(/C=C/C2=NCC=C2CN(C)CCN)cc(OC)c1. The molecule has 1 aliphatic carbocycles. The van der Waals surface area contributed by atoms with E-state index in [0.29, 0.717) is 107 Å². The zero-order valence-electron chi connectivity index (χ0n) is 74.5. The van der Waals surface area contributed by atoms with Crippen molar-refractivity contribution in [1.82, 2.24) is 29.4 Å². The maximum atomic E-state index is 13.6. The lowest BCUT2D eigenvalue weighted by Crippen LogP contribution is -2.29. The molecule has 0 saturated heterocycles. The van der Waals surface area contributed by atoms with E-state index in [9.17, 15) is 57.1 Å². The molecule has 33 heteroatoms. The van der Waals surface area contributed by atoms with Crippen molar-refractivity contribution < 1.29 is 66.5 Å². The summed E-state index contributed by atoms with van der Waals surface area (Å²) in [6.45, 7) is 17.2. The molecule has 5 aromatic carbocycles. The molecule has 0 radical (unpaired) electrons. The molecule has 0 spiro atoms. The monoisotopic (exact) mass is 1800 g/mol. The molecule has 0 aromatic heterocycles. The number of likely N-dealkylation sites (N-methyl/N-ethyl adjacent to an activating group) is 6. The minimum absolute atomic E-state index is 0.109. The summed E-state index contributed by atoms with van der Waals surface area (Å²) < 4.78 is 179. The molecular weight excluding hydrogens is 1680 g/mol. The Labute approximate surface area is 748 Å². The predicted octanol–water partition coefficient (Wildman–Crippen LogP) is 14.2. The van der Waals surface area contributed by atoms with Crippen LogP contribution in [0.5, 0.6) is 11.5 Å². The van der Waals surface area contributed by atoms with Crippen molar-refractivity contribution in [3.8, 4) is 11.5 Å². The van der Waals surface area contributed by atoms with Crippen molar-refractivity contribution in [1.29, 1.82) is 0 Å². The number of methoxy groups -OCH3 is 2. The van der Waals surface area contributed by atoms with E-state index in [2.05, 4.69) is 86.8 Å². The maximum absolute atomic E-state index is 13.6.